The third-order valence-corrected chi connectivity index (χ3v) is 9.13. The first-order chi connectivity index (χ1) is 24.0. The summed E-state index contributed by atoms with van der Waals surface area (Å²) < 4.78 is 0. The van der Waals surface area contributed by atoms with Gasteiger partial charge in [0, 0.05) is 35.5 Å². The van der Waals surface area contributed by atoms with E-state index in [-0.39, 0.29) is 50.0 Å². The number of benzene rings is 2. The second kappa shape index (κ2) is 19.1. The maximum atomic E-state index is 11.4. The summed E-state index contributed by atoms with van der Waals surface area (Å²) in [6.45, 7) is 28.8. The number of aromatic hydroxyl groups is 2. The number of nitrogens with zero attached hydrogens (tertiary/aromatic N) is 2. The Labute approximate surface area is 336 Å². The number of hydrogen-bond donors (Lipinski definition) is 2. The molecule has 2 aliphatic carbocycles. The van der Waals surface area contributed by atoms with Crippen molar-refractivity contribution < 1.29 is 46.8 Å². The molecule has 0 amide bonds. The third-order valence-electron chi connectivity index (χ3n) is 9.13. The van der Waals surface area contributed by atoms with Crippen LogP contribution >= 0.6 is 0 Å². The van der Waals surface area contributed by atoms with Crippen LogP contribution in [0.5, 0.6) is 11.5 Å². The van der Waals surface area contributed by atoms with Crippen molar-refractivity contribution >= 4 is 24.4 Å². The molecule has 0 heterocycles. The Morgan fingerprint density at radius 3 is 1.43 bits per heavy atom. The van der Waals surface area contributed by atoms with E-state index in [2.05, 4.69) is 107 Å². The van der Waals surface area contributed by atoms with E-state index in [1.807, 2.05) is 12.4 Å². The molecule has 2 aliphatic rings. The van der Waals surface area contributed by atoms with Gasteiger partial charge in [-0.25, -0.2) is 0 Å². The van der Waals surface area contributed by atoms with Crippen LogP contribution in [-0.2, 0) is 52.1 Å². The van der Waals surface area contributed by atoms with Gasteiger partial charge in [-0.05, 0) is 127 Å². The van der Waals surface area contributed by atoms with Gasteiger partial charge in [0.25, 0.3) is 0 Å². The molecule has 1 radical (unpaired) electrons. The number of carbonyl (C=O) groups excluding carboxylic acids is 2. The number of aliphatic carboxylic acids is 2. The van der Waals surface area contributed by atoms with Gasteiger partial charge in [0.15, 0.2) is 0 Å². The summed E-state index contributed by atoms with van der Waals surface area (Å²) in [6.07, 6.45) is 11.6. The molecule has 2 aromatic rings. The molecule has 2 saturated carbocycles. The summed E-state index contributed by atoms with van der Waals surface area (Å²) in [4.78, 5) is 28.3. The van der Waals surface area contributed by atoms with Crippen LogP contribution in [0.25, 0.3) is 0 Å². The summed E-state index contributed by atoms with van der Waals surface area (Å²) in [6, 6.07) is 8.74. The van der Waals surface area contributed by atoms with E-state index >= 15 is 0 Å². The van der Waals surface area contributed by atoms with Crippen LogP contribution in [-0.4, -0.2) is 46.2 Å². The number of phenolic OH excluding ortho intramolecular Hbond substituents is 2. The predicted molar refractivity (Wildman–Crippen MR) is 214 cm³/mol. The van der Waals surface area contributed by atoms with E-state index in [0.717, 1.165) is 81.0 Å². The molecule has 0 aliphatic heterocycles. The quantitative estimate of drug-likeness (QED) is 0.261. The van der Waals surface area contributed by atoms with E-state index < -0.39 is 11.9 Å². The average molecular weight is 792 g/mol. The van der Waals surface area contributed by atoms with E-state index in [4.69, 9.17) is 29.8 Å². The number of phenols is 2. The zero-order valence-corrected chi connectivity index (χ0v) is 36.6. The number of carbonyl (C=O) groups is 2. The van der Waals surface area contributed by atoms with E-state index in [1.54, 1.807) is 0 Å². The van der Waals surface area contributed by atoms with E-state index in [0.29, 0.717) is 17.4 Å². The molecule has 303 valence electrons. The standard InChI is InChI=1S/C41H62N2O2.2C2H4O2.Co/c1-37(2,3)20-28-15-30(23-39(7,8)9)35(44)32(17-28)25-42-34-19-27-13-14-41(34,22-27)43-26-33-18-29(21-38(4,5)6)16-31(36(33)45)24-40(10,11)12;2*1-2(3)4;/h15-18,25-27,34,44-45H,13-14,19-24H2,1-12H3;2*1H3,(H,3,4);/q;;;+2/p-2. The molecule has 2 fully saturated rings. The summed E-state index contributed by atoms with van der Waals surface area (Å²) in [5.74, 6) is -0.819. The van der Waals surface area contributed by atoms with Crippen LogP contribution in [0.15, 0.2) is 34.3 Å². The molecule has 3 unspecified atom stereocenters. The van der Waals surface area contributed by atoms with Crippen molar-refractivity contribution in [2.75, 3.05) is 0 Å². The maximum Gasteiger partial charge on any atom is 2.00 e. The topological polar surface area (TPSA) is 145 Å². The molecule has 0 saturated heterocycles. The first kappa shape index (κ1) is 48.8. The summed E-state index contributed by atoms with van der Waals surface area (Å²) in [7, 11) is 0. The van der Waals surface area contributed by atoms with Crippen LogP contribution in [0, 0.1) is 27.6 Å². The molecule has 54 heavy (non-hydrogen) atoms. The fraction of sp³-hybridized carbons (Fsp3) is 0.644. The first-order valence-electron chi connectivity index (χ1n) is 19.1. The van der Waals surface area contributed by atoms with Gasteiger partial charge in [-0.3, -0.25) is 9.98 Å². The average Bonchev–Trinajstić information content (AvgIpc) is 3.49. The summed E-state index contributed by atoms with van der Waals surface area (Å²) >= 11 is 0. The molecule has 2 aromatic carbocycles. The van der Waals surface area contributed by atoms with Gasteiger partial charge in [0.2, 0.25) is 0 Å². The summed E-state index contributed by atoms with van der Waals surface area (Å²) in [5, 5.41) is 40.6. The van der Waals surface area contributed by atoms with Gasteiger partial charge in [0.05, 0.1) is 11.6 Å². The molecule has 0 aromatic heterocycles. The van der Waals surface area contributed by atoms with Crippen LogP contribution in [0.1, 0.15) is 156 Å². The molecule has 8 nitrogen and oxygen atoms in total. The first-order valence-corrected chi connectivity index (χ1v) is 19.1. The minimum absolute atomic E-state index is 0. The van der Waals surface area contributed by atoms with Gasteiger partial charge >= 0.3 is 16.8 Å². The number of rotatable bonds is 8. The second-order valence-corrected chi connectivity index (χ2v) is 20.3. The molecular weight excluding hydrogens is 723 g/mol. The Hall–Kier alpha value is -3.17. The third kappa shape index (κ3) is 17.1. The number of fused-ring (bicyclic) bond motifs is 2. The number of hydrogen-bond acceptors (Lipinski definition) is 8. The number of aliphatic imine (C=N–C) groups is 2. The Balaban J connectivity index is 0.00000147. The van der Waals surface area contributed by atoms with Crippen LogP contribution in [0.2, 0.25) is 0 Å². The van der Waals surface area contributed by atoms with Crippen LogP contribution in [0.3, 0.4) is 0 Å². The Bertz CT molecular complexity index is 1620. The van der Waals surface area contributed by atoms with Gasteiger partial charge in [0.1, 0.15) is 11.5 Å². The number of carboxylic acids is 2. The fourth-order valence-electron chi connectivity index (χ4n) is 7.58. The second-order valence-electron chi connectivity index (χ2n) is 20.3. The number of carboxylic acid groups (broad SMARTS) is 2. The summed E-state index contributed by atoms with van der Waals surface area (Å²) in [5.41, 5.74) is 6.32. The molecule has 9 heteroatoms. The van der Waals surface area contributed by atoms with Gasteiger partial charge < -0.3 is 30.0 Å². The minimum Gasteiger partial charge on any atom is -0.550 e. The van der Waals surface area contributed by atoms with Crippen molar-refractivity contribution in [3.63, 3.8) is 0 Å². The van der Waals surface area contributed by atoms with Crippen molar-refractivity contribution in [1.82, 2.24) is 0 Å². The Morgan fingerprint density at radius 2 is 1.07 bits per heavy atom. The maximum absolute atomic E-state index is 11.4. The van der Waals surface area contributed by atoms with Crippen molar-refractivity contribution in [2.24, 2.45) is 37.6 Å². The van der Waals surface area contributed by atoms with Gasteiger partial charge in [-0.15, -0.1) is 0 Å². The normalized spacial score (nSPS) is 19.9. The predicted octanol–water partition coefficient (Wildman–Crippen LogP) is 7.81. The van der Waals surface area contributed by atoms with Crippen molar-refractivity contribution in [3.8, 4) is 11.5 Å². The minimum atomic E-state index is -1.08. The Morgan fingerprint density at radius 1 is 0.704 bits per heavy atom. The smallest absolute Gasteiger partial charge is 0.550 e. The van der Waals surface area contributed by atoms with E-state index in [1.165, 1.54) is 17.5 Å². The largest absolute Gasteiger partial charge is 2.00 e. The molecule has 0 spiro atoms. The van der Waals surface area contributed by atoms with Crippen molar-refractivity contribution in [2.45, 2.75) is 160 Å². The van der Waals surface area contributed by atoms with E-state index in [9.17, 15) is 10.2 Å². The molecule has 4 rings (SSSR count). The van der Waals surface area contributed by atoms with Gasteiger partial charge in [-0.2, -0.15) is 0 Å². The zero-order valence-electron chi connectivity index (χ0n) is 35.5. The SMILES string of the molecule is CC(=O)[O-].CC(=O)[O-].CC(C)(C)Cc1cc(C=NC2CC3CCC2(N=Cc2cc(CC(C)(C)C)cc(CC(C)(C)C)c2O)C3)c(O)c(CC(C)(C)C)c1.[Co+2]. The van der Waals surface area contributed by atoms with Crippen molar-refractivity contribution in [1.29, 1.82) is 0 Å². The molecule has 3 atom stereocenters. The van der Waals surface area contributed by atoms with Crippen LogP contribution < -0.4 is 10.2 Å². The van der Waals surface area contributed by atoms with Crippen molar-refractivity contribution in [3.05, 3.63) is 57.6 Å². The van der Waals surface area contributed by atoms with Gasteiger partial charge in [-0.1, -0.05) is 95.2 Å². The Kier molecular flexibility index (Phi) is 17.3. The molecule has 2 bridgehead atoms. The molecule has 2 N–H and O–H groups in total. The fourth-order valence-corrected chi connectivity index (χ4v) is 7.58. The van der Waals surface area contributed by atoms with Crippen LogP contribution in [0.4, 0.5) is 0 Å². The molecular formula is C45H68CoN2O6. The monoisotopic (exact) mass is 791 g/mol. The zero-order chi connectivity index (χ0) is 40.7.